The Morgan fingerprint density at radius 1 is 1.16 bits per heavy atom. The minimum Gasteiger partial charge on any atom is -0.484 e. The Morgan fingerprint density at radius 2 is 1.90 bits per heavy atom. The number of halogens is 5. The summed E-state index contributed by atoms with van der Waals surface area (Å²) in [6.07, 6.45) is -4.36. The van der Waals surface area contributed by atoms with Crippen LogP contribution in [0.3, 0.4) is 0 Å². The molecule has 2 aliphatic rings. The van der Waals surface area contributed by atoms with Crippen LogP contribution in [0.25, 0.3) is 0 Å². The van der Waals surface area contributed by atoms with Crippen LogP contribution in [-0.4, -0.2) is 55.6 Å². The van der Waals surface area contributed by atoms with Crippen molar-refractivity contribution in [1.29, 1.82) is 0 Å². The molecular formula is C19H22ClF4N3O4. The standard InChI is InChI=1S/C19H22ClF4N3O4/c20-14-3-2-12(7-15(14)21)30-9-17(28)26-10-1-4-16(25-8-10)18(29)27-11-5-13(6-11)31-19(22,23)24/h2-3,7,10-11,13,16,25H,1,4-6,8-9H2,(H,26,28)(H,27,29)/t10-,11-,13+,16+/m0/s1. The number of alkyl halides is 3. The fourth-order valence-electron chi connectivity index (χ4n) is 3.46. The molecule has 1 saturated heterocycles. The molecule has 1 heterocycles. The van der Waals surface area contributed by atoms with Gasteiger partial charge in [-0.15, -0.1) is 13.2 Å². The van der Waals surface area contributed by atoms with Gasteiger partial charge in [-0.05, 0) is 37.8 Å². The van der Waals surface area contributed by atoms with Gasteiger partial charge in [-0.3, -0.25) is 14.3 Å². The van der Waals surface area contributed by atoms with Gasteiger partial charge in [0.25, 0.3) is 5.91 Å². The molecule has 7 nitrogen and oxygen atoms in total. The molecule has 0 spiro atoms. The lowest BCUT2D eigenvalue weighted by atomic mass is 9.88. The van der Waals surface area contributed by atoms with Crippen LogP contribution in [0.4, 0.5) is 17.6 Å². The fraction of sp³-hybridized carbons (Fsp3) is 0.579. The first-order chi connectivity index (χ1) is 14.6. The Balaban J connectivity index is 1.31. The Labute approximate surface area is 180 Å². The van der Waals surface area contributed by atoms with Gasteiger partial charge in [-0.1, -0.05) is 11.6 Å². The summed E-state index contributed by atoms with van der Waals surface area (Å²) in [5.74, 6) is -1.15. The molecule has 0 bridgehead atoms. The third-order valence-corrected chi connectivity index (χ3v) is 5.41. The number of hydrogen-bond acceptors (Lipinski definition) is 5. The van der Waals surface area contributed by atoms with E-state index >= 15 is 0 Å². The number of carbonyl (C=O) groups excluding carboxylic acids is 2. The summed E-state index contributed by atoms with van der Waals surface area (Å²) in [5, 5.41) is 8.45. The largest absolute Gasteiger partial charge is 0.522 e. The average Bonchev–Trinajstić information content (AvgIpc) is 2.66. The van der Waals surface area contributed by atoms with Crippen LogP contribution in [0.5, 0.6) is 5.75 Å². The van der Waals surface area contributed by atoms with Crippen LogP contribution in [-0.2, 0) is 14.3 Å². The maximum atomic E-state index is 13.4. The third kappa shape index (κ3) is 7.22. The lowest BCUT2D eigenvalue weighted by molar-refractivity contribution is -0.351. The summed E-state index contributed by atoms with van der Waals surface area (Å²) in [7, 11) is 0. The molecule has 3 rings (SSSR count). The predicted molar refractivity (Wildman–Crippen MR) is 102 cm³/mol. The van der Waals surface area contributed by atoms with Gasteiger partial charge in [-0.25, -0.2) is 4.39 Å². The van der Waals surface area contributed by atoms with Crippen molar-refractivity contribution in [2.75, 3.05) is 13.2 Å². The van der Waals surface area contributed by atoms with Crippen LogP contribution >= 0.6 is 11.6 Å². The van der Waals surface area contributed by atoms with E-state index in [1.807, 2.05) is 0 Å². The molecule has 0 unspecified atom stereocenters. The third-order valence-electron chi connectivity index (χ3n) is 5.10. The SMILES string of the molecule is O=C(COc1ccc(Cl)c(F)c1)N[C@H]1CC[C@H](C(=O)N[C@H]2C[C@@H](OC(F)(F)F)C2)NC1. The molecule has 0 radical (unpaired) electrons. The van der Waals surface area contributed by atoms with E-state index in [0.29, 0.717) is 19.4 Å². The highest BCUT2D eigenvalue weighted by Gasteiger charge is 2.41. The topological polar surface area (TPSA) is 88.7 Å². The minimum absolute atomic E-state index is 0.0459. The molecular weight excluding hydrogens is 446 g/mol. The zero-order valence-electron chi connectivity index (χ0n) is 16.3. The summed E-state index contributed by atoms with van der Waals surface area (Å²) >= 11 is 5.58. The number of carbonyl (C=O) groups is 2. The van der Waals surface area contributed by atoms with Gasteiger partial charge in [-0.2, -0.15) is 0 Å². The molecule has 2 amide bonds. The predicted octanol–water partition coefficient (Wildman–Crippen LogP) is 2.28. The Morgan fingerprint density at radius 3 is 2.52 bits per heavy atom. The number of ether oxygens (including phenoxy) is 2. The Kier molecular flexibility index (Phi) is 7.60. The first-order valence-corrected chi connectivity index (χ1v) is 10.1. The van der Waals surface area contributed by atoms with E-state index in [0.717, 1.165) is 6.07 Å². The van der Waals surface area contributed by atoms with Crippen molar-refractivity contribution in [2.45, 2.75) is 56.3 Å². The molecule has 1 saturated carbocycles. The molecule has 0 aromatic heterocycles. The minimum atomic E-state index is -4.67. The molecule has 31 heavy (non-hydrogen) atoms. The number of benzene rings is 1. The van der Waals surface area contributed by atoms with E-state index in [1.165, 1.54) is 12.1 Å². The highest BCUT2D eigenvalue weighted by atomic mass is 35.5. The Hall–Kier alpha value is -2.11. The summed E-state index contributed by atoms with van der Waals surface area (Å²) in [6.45, 7) is 0.0498. The highest BCUT2D eigenvalue weighted by molar-refractivity contribution is 6.30. The Bertz CT molecular complexity index is 797. The molecule has 12 heteroatoms. The van der Waals surface area contributed by atoms with Crippen molar-refractivity contribution < 1.29 is 36.6 Å². The van der Waals surface area contributed by atoms with Gasteiger partial charge in [0.1, 0.15) is 11.6 Å². The summed E-state index contributed by atoms with van der Waals surface area (Å²) in [5.41, 5.74) is 0. The van der Waals surface area contributed by atoms with Crippen LogP contribution in [0.2, 0.25) is 5.02 Å². The number of rotatable bonds is 7. The normalized spacial score (nSPS) is 26.0. The van der Waals surface area contributed by atoms with Gasteiger partial charge in [0.2, 0.25) is 5.91 Å². The molecule has 3 N–H and O–H groups in total. The second-order valence-electron chi connectivity index (χ2n) is 7.53. The summed E-state index contributed by atoms with van der Waals surface area (Å²) in [6, 6.07) is 2.82. The molecule has 172 valence electrons. The number of amides is 2. The smallest absolute Gasteiger partial charge is 0.484 e. The quantitative estimate of drug-likeness (QED) is 0.535. The van der Waals surface area contributed by atoms with E-state index in [4.69, 9.17) is 16.3 Å². The van der Waals surface area contributed by atoms with Gasteiger partial charge >= 0.3 is 6.36 Å². The zero-order valence-corrected chi connectivity index (χ0v) is 17.1. The van der Waals surface area contributed by atoms with Gasteiger partial charge < -0.3 is 20.7 Å². The van der Waals surface area contributed by atoms with E-state index in [1.54, 1.807) is 0 Å². The van der Waals surface area contributed by atoms with E-state index in [-0.39, 0.29) is 48.2 Å². The zero-order chi connectivity index (χ0) is 22.6. The van der Waals surface area contributed by atoms with Crippen molar-refractivity contribution in [3.05, 3.63) is 29.0 Å². The molecule has 1 aromatic rings. The average molecular weight is 468 g/mol. The number of nitrogens with one attached hydrogen (secondary N) is 3. The fourth-order valence-corrected chi connectivity index (χ4v) is 3.58. The van der Waals surface area contributed by atoms with Crippen molar-refractivity contribution in [3.63, 3.8) is 0 Å². The monoisotopic (exact) mass is 467 g/mol. The van der Waals surface area contributed by atoms with E-state index < -0.39 is 30.2 Å². The summed E-state index contributed by atoms with van der Waals surface area (Å²) in [4.78, 5) is 24.3. The second-order valence-corrected chi connectivity index (χ2v) is 7.94. The molecule has 2 fully saturated rings. The molecule has 1 aromatic carbocycles. The van der Waals surface area contributed by atoms with Crippen molar-refractivity contribution in [1.82, 2.24) is 16.0 Å². The number of hydrogen-bond donors (Lipinski definition) is 3. The van der Waals surface area contributed by atoms with E-state index in [9.17, 15) is 27.2 Å². The van der Waals surface area contributed by atoms with Crippen LogP contribution in [0.1, 0.15) is 25.7 Å². The lowest BCUT2D eigenvalue weighted by Gasteiger charge is -2.37. The first kappa shape index (κ1) is 23.6. The molecule has 1 aliphatic carbocycles. The van der Waals surface area contributed by atoms with Crippen LogP contribution in [0, 0.1) is 5.82 Å². The highest BCUT2D eigenvalue weighted by Crippen LogP contribution is 2.30. The van der Waals surface area contributed by atoms with Crippen LogP contribution in [0.15, 0.2) is 18.2 Å². The van der Waals surface area contributed by atoms with Gasteiger partial charge in [0, 0.05) is 24.7 Å². The maximum Gasteiger partial charge on any atom is 0.522 e. The molecule has 2 atom stereocenters. The van der Waals surface area contributed by atoms with Gasteiger partial charge in [0.05, 0.1) is 17.2 Å². The van der Waals surface area contributed by atoms with Gasteiger partial charge in [0.15, 0.2) is 6.61 Å². The first-order valence-electron chi connectivity index (χ1n) is 9.74. The van der Waals surface area contributed by atoms with E-state index in [2.05, 4.69) is 20.7 Å². The van der Waals surface area contributed by atoms with Crippen molar-refractivity contribution >= 4 is 23.4 Å². The molecule has 1 aliphatic heterocycles. The van der Waals surface area contributed by atoms with Crippen molar-refractivity contribution in [2.24, 2.45) is 0 Å². The van der Waals surface area contributed by atoms with Crippen LogP contribution < -0.4 is 20.7 Å². The second kappa shape index (κ2) is 10.0. The lowest BCUT2D eigenvalue weighted by Crippen LogP contribution is -2.58. The summed E-state index contributed by atoms with van der Waals surface area (Å²) < 4.78 is 58.9. The van der Waals surface area contributed by atoms with Crippen molar-refractivity contribution in [3.8, 4) is 5.75 Å². The number of piperidine rings is 1. The maximum absolute atomic E-state index is 13.4.